The molecule has 0 saturated carbocycles. The van der Waals surface area contributed by atoms with E-state index in [1.165, 1.54) is 32.6 Å². The summed E-state index contributed by atoms with van der Waals surface area (Å²) in [5.74, 6) is -21.0. The number of carboxylic acid groups (broad SMARTS) is 2. The van der Waals surface area contributed by atoms with Crippen molar-refractivity contribution in [1.29, 1.82) is 0 Å². The predicted molar refractivity (Wildman–Crippen MR) is 445 cm³/mol. The van der Waals surface area contributed by atoms with Gasteiger partial charge in [-0.2, -0.15) is 0 Å². The highest BCUT2D eigenvalue weighted by Crippen LogP contribution is 2.30. The summed E-state index contributed by atoms with van der Waals surface area (Å²) in [7, 11) is 1.53. The zero-order valence-electron chi connectivity index (χ0n) is 68.5. The Kier molecular flexibility index (Phi) is 33.6. The molecule has 7 heterocycles. The molecule has 0 spiro atoms. The molecular formula is C79H107ClN20O20S2. The Labute approximate surface area is 714 Å². The minimum absolute atomic E-state index is 0.00597. The lowest BCUT2D eigenvalue weighted by atomic mass is 9.98. The molecule has 2 bridgehead atoms. The normalized spacial score (nSPS) is 26.9. The van der Waals surface area contributed by atoms with Crippen LogP contribution in [0.15, 0.2) is 67.4 Å². The summed E-state index contributed by atoms with van der Waals surface area (Å²) in [4.78, 5) is 263. The number of aromatic amines is 3. The van der Waals surface area contributed by atoms with E-state index < -0.39 is 241 Å². The van der Waals surface area contributed by atoms with Crippen LogP contribution in [0.25, 0.3) is 21.8 Å². The lowest BCUT2D eigenvalue weighted by molar-refractivity contribution is -0.149. The van der Waals surface area contributed by atoms with Crippen LogP contribution in [0.2, 0.25) is 5.02 Å². The highest BCUT2D eigenvalue weighted by Gasteiger charge is 2.48. The van der Waals surface area contributed by atoms with Crippen molar-refractivity contribution in [3.05, 3.63) is 89.2 Å². The van der Waals surface area contributed by atoms with E-state index in [0.29, 0.717) is 38.6 Å². The topological polar surface area (TPSA) is 600 Å². The summed E-state index contributed by atoms with van der Waals surface area (Å²) in [6.07, 6.45) is 0.515. The van der Waals surface area contributed by atoms with Crippen LogP contribution in [-0.4, -0.2) is 273 Å². The van der Waals surface area contributed by atoms with Gasteiger partial charge in [0.25, 0.3) is 0 Å². The molecule has 662 valence electrons. The van der Waals surface area contributed by atoms with Gasteiger partial charge in [0.15, 0.2) is 0 Å². The van der Waals surface area contributed by atoms with Crippen molar-refractivity contribution < 1.29 is 96.8 Å². The summed E-state index contributed by atoms with van der Waals surface area (Å²) in [6, 6.07) is -12.2. The number of nitrogens with one attached hydrogen (secondary N) is 16. The number of aliphatic hydroxyl groups is 1. The molecule has 40 nitrogen and oxygen atoms in total. The van der Waals surface area contributed by atoms with E-state index in [4.69, 9.17) is 17.3 Å². The summed E-state index contributed by atoms with van der Waals surface area (Å²) in [6.45, 7) is 11.1. The average molecular weight is 1760 g/mol. The fourth-order valence-electron chi connectivity index (χ4n) is 14.8. The molecule has 21 N–H and O–H groups in total. The van der Waals surface area contributed by atoms with Crippen LogP contribution in [0.3, 0.4) is 0 Å². The largest absolute Gasteiger partial charge is 0.481 e. The molecule has 4 aliphatic rings. The molecule has 3 aromatic heterocycles. The van der Waals surface area contributed by atoms with Crippen LogP contribution in [0.4, 0.5) is 0 Å². The van der Waals surface area contributed by atoms with Gasteiger partial charge in [-0.15, -0.1) is 0 Å². The number of imidazole rings is 1. The fraction of sp³-hybridized carbons (Fsp3) is 0.544. The van der Waals surface area contributed by atoms with Crippen molar-refractivity contribution >= 4 is 156 Å². The van der Waals surface area contributed by atoms with E-state index >= 15 is 24.0 Å². The van der Waals surface area contributed by atoms with E-state index in [1.54, 1.807) is 90.2 Å². The number of amides is 15. The van der Waals surface area contributed by atoms with Gasteiger partial charge in [-0.1, -0.05) is 92.9 Å². The van der Waals surface area contributed by atoms with Gasteiger partial charge >= 0.3 is 11.9 Å². The van der Waals surface area contributed by atoms with Crippen LogP contribution in [0.1, 0.15) is 124 Å². The van der Waals surface area contributed by atoms with E-state index in [2.05, 4.69) is 89.1 Å². The SMILES string of the molecule is CC(C)C[C@@H]1NC(=O)[C@H](Cc2cnc[nH]2)NC(=O)[C@H](Cc2c[nH]c3ccccc23)NC(=O)[C@H](C)NC(=O)[C@@H]2CSSC[C@H](NC(=O)[C@H](Cc3c[nH]c4ccc(Cl)cc34)NC(=O)[C@H](C(C)C)NC(=O)[C@H](CC(C)C)NC(=O)[C@H](CCC(=O)O)NC(=O)CNC1=O)C(=O)N[C@@H]([C@@H](C)O)C(=O)N1CCC[C@@H]1C(=O)N1C[C@@H](N)C[C@H]1C(=O)N[C@@H](CC(=O)O)C(=O)N2. The van der Waals surface area contributed by atoms with Gasteiger partial charge in [0.1, 0.15) is 84.6 Å². The summed E-state index contributed by atoms with van der Waals surface area (Å²) in [5.41, 5.74) is 8.73. The summed E-state index contributed by atoms with van der Waals surface area (Å²) < 4.78 is 0. The zero-order chi connectivity index (χ0) is 89.1. The number of aromatic nitrogens is 4. The van der Waals surface area contributed by atoms with Crippen LogP contribution in [-0.2, 0) is 101 Å². The summed E-state index contributed by atoms with van der Waals surface area (Å²) >= 11 is 6.52. The second kappa shape index (κ2) is 43.4. The third-order valence-electron chi connectivity index (χ3n) is 21.1. The number of benzene rings is 2. The first-order valence-electron chi connectivity index (χ1n) is 40.2. The standard InChI is InChI=1S/C79H107ClN20O20S2/c1-36(2)20-51-67(108)85-31-61(102)88-50(17-18-62(103)104)68(109)91-52(21-37(3)4)73(114)97-64(38(5)6)77(118)94-54(23-42-29-84-49-16-15-43(80)24-47(42)49)70(111)96-58-34-122-121-33-57(74(115)87-39(7)66(107)89-53(22-41-28-83-48-13-10-9-12-46(41)48)69(110)92-55(71(112)90-51)26-45-30-82-35-86-45)95-72(113)56(27-63(105)106)93-76(117)60-25-44(81)32-100(60)78(119)59-14-11-19-99(59)79(120)65(40(8)101)98-75(58)116/h9-10,12-13,15-16,24,28-30,35-40,44,50-60,64-65,83-84,101H,11,14,17-23,25-27,31-34,81H2,1-8H3,(H,82,86)(H,85,108)(H,87,115)(H,88,102)(H,89,107)(H,90,112)(H,91,109)(H,92,110)(H,93,117)(H,94,118)(H,95,113)(H,96,111)(H,97,114)(H,98,116)(H,103,104)(H,105,106)/t39-,40+,44-,50-,51-,52-,53-,54-,55-,56-,57-,58-,59+,60-,64-,65-/m0/s1. The maximum absolute atomic E-state index is 15.6. The van der Waals surface area contributed by atoms with Gasteiger partial charge in [0, 0.05) is 107 Å². The van der Waals surface area contributed by atoms with Crippen molar-refractivity contribution in [2.24, 2.45) is 23.5 Å². The molecule has 4 fully saturated rings. The fourth-order valence-corrected chi connectivity index (χ4v) is 17.3. The quantitative estimate of drug-likeness (QED) is 0.0440. The highest BCUT2D eigenvalue weighted by atomic mass is 35.5. The van der Waals surface area contributed by atoms with Gasteiger partial charge in [-0.25, -0.2) is 4.98 Å². The van der Waals surface area contributed by atoms with Crippen LogP contribution >= 0.6 is 33.2 Å². The number of hydrogen-bond donors (Lipinski definition) is 20. The first kappa shape index (κ1) is 94.5. The minimum atomic E-state index is -2.00. The van der Waals surface area contributed by atoms with E-state index in [1.807, 2.05) is 0 Å². The van der Waals surface area contributed by atoms with Gasteiger partial charge < -0.3 is 115 Å². The molecule has 0 radical (unpaired) electrons. The van der Waals surface area contributed by atoms with Gasteiger partial charge in [-0.05, 0) is 106 Å². The second-order valence-corrected chi connectivity index (χ2v) is 35.1. The molecule has 9 rings (SSSR count). The Morgan fingerprint density at radius 2 is 1.07 bits per heavy atom. The van der Waals surface area contributed by atoms with E-state index in [9.17, 15) is 72.9 Å². The number of H-pyrrole nitrogens is 3. The molecule has 5 aromatic rings. The van der Waals surface area contributed by atoms with Crippen LogP contribution < -0.4 is 74.9 Å². The van der Waals surface area contributed by atoms with Crippen LogP contribution in [0, 0.1) is 17.8 Å². The molecule has 2 aromatic carbocycles. The first-order valence-corrected chi connectivity index (χ1v) is 43.1. The number of aliphatic hydroxyl groups excluding tert-OH is 1. The number of halogens is 1. The molecule has 43 heteroatoms. The van der Waals surface area contributed by atoms with E-state index in [-0.39, 0.29) is 81.3 Å². The summed E-state index contributed by atoms with van der Waals surface area (Å²) in [5, 5.41) is 66.6. The number of carbonyl (C=O) groups is 17. The molecule has 4 aliphatic heterocycles. The van der Waals surface area contributed by atoms with Crippen molar-refractivity contribution in [3.63, 3.8) is 0 Å². The maximum atomic E-state index is 15.6. The highest BCUT2D eigenvalue weighted by molar-refractivity contribution is 8.76. The van der Waals surface area contributed by atoms with Crippen molar-refractivity contribution in [2.75, 3.05) is 31.1 Å². The second-order valence-electron chi connectivity index (χ2n) is 32.1. The van der Waals surface area contributed by atoms with Gasteiger partial charge in [0.2, 0.25) is 88.6 Å². The number of rotatable bonds is 17. The third kappa shape index (κ3) is 25.9. The number of carbonyl (C=O) groups excluding carboxylic acids is 15. The van der Waals surface area contributed by atoms with Crippen molar-refractivity contribution in [1.82, 2.24) is 98.9 Å². The first-order chi connectivity index (χ1) is 57.8. The number of nitrogens with zero attached hydrogens (tertiary/aromatic N) is 3. The lowest BCUT2D eigenvalue weighted by Crippen LogP contribution is -2.63. The molecule has 122 heavy (non-hydrogen) atoms. The smallest absolute Gasteiger partial charge is 0.305 e. The zero-order valence-corrected chi connectivity index (χ0v) is 70.9. The molecule has 15 amide bonds. The molecule has 0 unspecified atom stereocenters. The Hall–Kier alpha value is -11.4. The van der Waals surface area contributed by atoms with E-state index in [0.717, 1.165) is 31.4 Å². The molecule has 4 saturated heterocycles. The monoisotopic (exact) mass is 1750 g/mol. The number of aliphatic carboxylic acids is 2. The third-order valence-corrected chi connectivity index (χ3v) is 23.8. The molecule has 0 aliphatic carbocycles. The Bertz CT molecular complexity index is 4700. The van der Waals surface area contributed by atoms with Crippen molar-refractivity contribution in [2.45, 2.75) is 223 Å². The van der Waals surface area contributed by atoms with Gasteiger partial charge in [-0.3, -0.25) is 81.5 Å². The number of nitrogens with two attached hydrogens (primary N) is 1. The average Bonchev–Trinajstić information content (AvgIpc) is 1.63. The number of carboxylic acids is 2. The maximum Gasteiger partial charge on any atom is 0.305 e. The number of fused-ring (bicyclic) bond motifs is 9. The molecular weight excluding hydrogens is 1650 g/mol. The van der Waals surface area contributed by atoms with Gasteiger partial charge in [0.05, 0.1) is 25.4 Å². The lowest BCUT2D eigenvalue weighted by Gasteiger charge is -2.34. The number of hydrogen-bond acceptors (Lipinski definition) is 22. The Morgan fingerprint density at radius 3 is 1.67 bits per heavy atom. The minimum Gasteiger partial charge on any atom is -0.481 e. The van der Waals surface area contributed by atoms with Crippen molar-refractivity contribution in [3.8, 4) is 0 Å². The Morgan fingerprint density at radius 1 is 0.541 bits per heavy atom. The molecule has 16 atom stereocenters. The Balaban J connectivity index is 1.14. The number of para-hydroxylation sites is 1. The van der Waals surface area contributed by atoms with Crippen LogP contribution in [0.5, 0.6) is 0 Å². The predicted octanol–water partition coefficient (Wildman–Crippen LogP) is -2.20.